The van der Waals surface area contributed by atoms with Gasteiger partial charge in [-0.2, -0.15) is 0 Å². The fourth-order valence-electron chi connectivity index (χ4n) is 3.12. The summed E-state index contributed by atoms with van der Waals surface area (Å²) in [4.78, 5) is 11.5. The molecular weight excluding hydrogens is 258 g/mol. The summed E-state index contributed by atoms with van der Waals surface area (Å²) in [5, 5.41) is 3.29. The Morgan fingerprint density at radius 3 is 2.50 bits per heavy atom. The molecule has 0 aliphatic carbocycles. The van der Waals surface area contributed by atoms with Crippen molar-refractivity contribution in [3.8, 4) is 0 Å². The van der Waals surface area contributed by atoms with Crippen LogP contribution in [0.4, 0.5) is 0 Å². The molecule has 5 heteroatoms. The van der Waals surface area contributed by atoms with Crippen LogP contribution in [0.2, 0.25) is 0 Å². The lowest BCUT2D eigenvalue weighted by molar-refractivity contribution is 0.0465. The number of esters is 1. The third-order valence-electron chi connectivity index (χ3n) is 4.33. The second-order valence-electron chi connectivity index (χ2n) is 5.44. The van der Waals surface area contributed by atoms with E-state index in [1.807, 2.05) is 13.1 Å². The minimum Gasteiger partial charge on any atom is -0.463 e. The highest BCUT2D eigenvalue weighted by molar-refractivity contribution is 5.86. The molecule has 0 radical (unpaired) electrons. The molecule has 1 N–H and O–H groups in total. The lowest BCUT2D eigenvalue weighted by atomic mass is 9.82. The first-order chi connectivity index (χ1) is 9.49. The number of rotatable bonds is 4. The van der Waals surface area contributed by atoms with E-state index in [-0.39, 0.29) is 24.0 Å². The van der Waals surface area contributed by atoms with E-state index in [0.717, 1.165) is 5.76 Å². The van der Waals surface area contributed by atoms with Crippen LogP contribution in [0, 0.1) is 11.8 Å². The summed E-state index contributed by atoms with van der Waals surface area (Å²) in [5.74, 6) is 1.23. The highest BCUT2D eigenvalue weighted by Gasteiger charge is 2.42. The number of hydrogen-bond acceptors (Lipinski definition) is 5. The molecule has 1 aromatic heterocycles. The topological polar surface area (TPSA) is 60.7 Å². The number of hydrogen-bond donors (Lipinski definition) is 1. The van der Waals surface area contributed by atoms with Crippen LogP contribution in [-0.4, -0.2) is 32.3 Å². The Balaban J connectivity index is 2.24. The molecule has 0 bridgehead atoms. The monoisotopic (exact) mass is 281 g/mol. The molecule has 5 nitrogen and oxygen atoms in total. The Kier molecular flexibility index (Phi) is 4.50. The van der Waals surface area contributed by atoms with Gasteiger partial charge in [0.2, 0.25) is 5.76 Å². The quantitative estimate of drug-likeness (QED) is 0.859. The van der Waals surface area contributed by atoms with Gasteiger partial charge in [0.1, 0.15) is 5.76 Å². The van der Waals surface area contributed by atoms with Crippen LogP contribution in [0.1, 0.15) is 43.1 Å². The van der Waals surface area contributed by atoms with Gasteiger partial charge in [-0.25, -0.2) is 4.79 Å². The maximum atomic E-state index is 11.5. The van der Waals surface area contributed by atoms with Crippen molar-refractivity contribution in [2.75, 3.05) is 14.2 Å². The van der Waals surface area contributed by atoms with Gasteiger partial charge in [-0.3, -0.25) is 0 Å². The standard InChI is InChI=1S/C15H23NO4/c1-8-9(2)19-10(3)13(8)14(16-4)11-6-7-12(20-11)15(17)18-5/h6-10,13-14,16H,1-5H3. The molecule has 1 aliphatic rings. The van der Waals surface area contributed by atoms with Crippen molar-refractivity contribution in [3.63, 3.8) is 0 Å². The zero-order valence-electron chi connectivity index (χ0n) is 12.7. The average Bonchev–Trinajstić information content (AvgIpc) is 3.00. The minimum atomic E-state index is -0.455. The number of furan rings is 1. The molecule has 5 atom stereocenters. The van der Waals surface area contributed by atoms with Gasteiger partial charge in [0.05, 0.1) is 25.4 Å². The second kappa shape index (κ2) is 5.97. The molecule has 0 amide bonds. The predicted octanol–water partition coefficient (Wildman–Crippen LogP) is 2.39. The summed E-state index contributed by atoms with van der Waals surface area (Å²) in [6, 6.07) is 3.50. The highest BCUT2D eigenvalue weighted by atomic mass is 16.5. The molecule has 0 saturated carbocycles. The lowest BCUT2D eigenvalue weighted by Gasteiger charge is -2.27. The Hall–Kier alpha value is -1.33. The largest absolute Gasteiger partial charge is 0.463 e. The molecule has 5 unspecified atom stereocenters. The van der Waals surface area contributed by atoms with Crippen molar-refractivity contribution in [2.45, 2.75) is 39.0 Å². The van der Waals surface area contributed by atoms with E-state index in [0.29, 0.717) is 11.8 Å². The number of nitrogens with one attached hydrogen (secondary N) is 1. The molecule has 1 fully saturated rings. The summed E-state index contributed by atoms with van der Waals surface area (Å²) in [6.07, 6.45) is 0.366. The van der Waals surface area contributed by atoms with Gasteiger partial charge in [0, 0.05) is 5.92 Å². The predicted molar refractivity (Wildman–Crippen MR) is 74.5 cm³/mol. The second-order valence-corrected chi connectivity index (χ2v) is 5.44. The minimum absolute atomic E-state index is 0.0170. The van der Waals surface area contributed by atoms with E-state index in [1.54, 1.807) is 6.07 Å². The Morgan fingerprint density at radius 2 is 2.00 bits per heavy atom. The van der Waals surface area contributed by atoms with Gasteiger partial charge in [0.25, 0.3) is 0 Å². The molecule has 2 rings (SSSR count). The molecule has 20 heavy (non-hydrogen) atoms. The summed E-state index contributed by atoms with van der Waals surface area (Å²) in [7, 11) is 3.24. The number of carbonyl (C=O) groups excluding carboxylic acids is 1. The van der Waals surface area contributed by atoms with E-state index in [2.05, 4.69) is 30.8 Å². The van der Waals surface area contributed by atoms with Crippen molar-refractivity contribution < 1.29 is 18.7 Å². The summed E-state index contributed by atoms with van der Waals surface area (Å²) < 4.78 is 16.2. The summed E-state index contributed by atoms with van der Waals surface area (Å²) in [6.45, 7) is 6.36. The fourth-order valence-corrected chi connectivity index (χ4v) is 3.12. The van der Waals surface area contributed by atoms with Crippen LogP contribution in [0.5, 0.6) is 0 Å². The first kappa shape index (κ1) is 15.1. The first-order valence-corrected chi connectivity index (χ1v) is 7.00. The van der Waals surface area contributed by atoms with Gasteiger partial charge < -0.3 is 19.2 Å². The van der Waals surface area contributed by atoms with Crippen LogP contribution in [0.15, 0.2) is 16.5 Å². The van der Waals surface area contributed by atoms with Crippen molar-refractivity contribution >= 4 is 5.97 Å². The molecule has 0 spiro atoms. The molecule has 0 aromatic carbocycles. The molecular formula is C15H23NO4. The fraction of sp³-hybridized carbons (Fsp3) is 0.667. The smallest absolute Gasteiger partial charge is 0.373 e. The van der Waals surface area contributed by atoms with Gasteiger partial charge >= 0.3 is 5.97 Å². The third kappa shape index (κ3) is 2.60. The summed E-state index contributed by atoms with van der Waals surface area (Å²) >= 11 is 0. The normalized spacial score (nSPS) is 31.2. The van der Waals surface area contributed by atoms with Crippen LogP contribution in [0.25, 0.3) is 0 Å². The summed E-state index contributed by atoms with van der Waals surface area (Å²) in [5.41, 5.74) is 0. The maximum absolute atomic E-state index is 11.5. The molecule has 1 aromatic rings. The average molecular weight is 281 g/mol. The van der Waals surface area contributed by atoms with E-state index in [9.17, 15) is 4.79 Å². The Bertz CT molecular complexity index is 470. The first-order valence-electron chi connectivity index (χ1n) is 7.00. The molecule has 2 heterocycles. The Morgan fingerprint density at radius 1 is 1.30 bits per heavy atom. The van der Waals surface area contributed by atoms with E-state index >= 15 is 0 Å². The number of methoxy groups -OCH3 is 1. The molecule has 112 valence electrons. The van der Waals surface area contributed by atoms with Crippen molar-refractivity contribution in [1.29, 1.82) is 0 Å². The van der Waals surface area contributed by atoms with Gasteiger partial charge in [0.15, 0.2) is 0 Å². The van der Waals surface area contributed by atoms with Crippen LogP contribution < -0.4 is 5.32 Å². The zero-order chi connectivity index (χ0) is 14.9. The van der Waals surface area contributed by atoms with E-state index in [1.165, 1.54) is 7.11 Å². The van der Waals surface area contributed by atoms with Gasteiger partial charge in [-0.15, -0.1) is 0 Å². The van der Waals surface area contributed by atoms with E-state index < -0.39 is 5.97 Å². The van der Waals surface area contributed by atoms with Crippen molar-refractivity contribution in [2.24, 2.45) is 11.8 Å². The van der Waals surface area contributed by atoms with Crippen molar-refractivity contribution in [3.05, 3.63) is 23.7 Å². The third-order valence-corrected chi connectivity index (χ3v) is 4.33. The van der Waals surface area contributed by atoms with Gasteiger partial charge in [-0.1, -0.05) is 6.92 Å². The maximum Gasteiger partial charge on any atom is 0.373 e. The van der Waals surface area contributed by atoms with Crippen LogP contribution in [-0.2, 0) is 9.47 Å². The molecule has 1 aliphatic heterocycles. The van der Waals surface area contributed by atoms with Crippen LogP contribution >= 0.6 is 0 Å². The van der Waals surface area contributed by atoms with Crippen LogP contribution in [0.3, 0.4) is 0 Å². The highest BCUT2D eigenvalue weighted by Crippen LogP contribution is 2.40. The van der Waals surface area contributed by atoms with E-state index in [4.69, 9.17) is 9.15 Å². The lowest BCUT2D eigenvalue weighted by Crippen LogP contribution is -2.32. The van der Waals surface area contributed by atoms with Gasteiger partial charge in [-0.05, 0) is 38.9 Å². The zero-order valence-corrected chi connectivity index (χ0v) is 12.7. The van der Waals surface area contributed by atoms with Crippen molar-refractivity contribution in [1.82, 2.24) is 5.32 Å². The number of ether oxygens (including phenoxy) is 2. The molecule has 1 saturated heterocycles. The Labute approximate surface area is 119 Å². The SMILES string of the molecule is CNC(c1ccc(C(=O)OC)o1)C1C(C)OC(C)C1C. The number of carbonyl (C=O) groups is 1.